The summed E-state index contributed by atoms with van der Waals surface area (Å²) in [6.07, 6.45) is 0. The van der Waals surface area contributed by atoms with Crippen LogP contribution in [0.1, 0.15) is 79.0 Å². The molecule has 2 aliphatic rings. The highest BCUT2D eigenvalue weighted by molar-refractivity contribution is 7.25. The quantitative estimate of drug-likeness (QED) is 0.127. The second kappa shape index (κ2) is 26.3. The van der Waals surface area contributed by atoms with Crippen LogP contribution in [0.2, 0.25) is 0 Å². The number of hydrogen-bond donors (Lipinski definition) is 0. The summed E-state index contributed by atoms with van der Waals surface area (Å²) in [5, 5.41) is 7.51. The van der Waals surface area contributed by atoms with E-state index in [1.165, 1.54) is 97.0 Å². The van der Waals surface area contributed by atoms with Crippen molar-refractivity contribution >= 4 is 132 Å². The van der Waals surface area contributed by atoms with Gasteiger partial charge in [0.25, 0.3) is 6.71 Å². The molecule has 16 aromatic carbocycles. The van der Waals surface area contributed by atoms with E-state index in [9.17, 15) is 0 Å². The van der Waals surface area contributed by atoms with Crippen LogP contribution in [0.3, 0.4) is 0 Å². The zero-order chi connectivity index (χ0) is 77.0. The third kappa shape index (κ3) is 11.2. The summed E-state index contributed by atoms with van der Waals surface area (Å²) in [4.78, 5) is 5.38. The first-order chi connectivity index (χ1) is 55.4. The molecule has 546 valence electrons. The Hall–Kier alpha value is -13.0. The number of nitrogens with zero attached hydrogens (tertiary/aromatic N) is 4. The molecule has 114 heavy (non-hydrogen) atoms. The van der Waals surface area contributed by atoms with Crippen LogP contribution in [0.25, 0.3) is 142 Å². The molecular formula is C108H85BN4S. The molecule has 3 aromatic heterocycles. The van der Waals surface area contributed by atoms with Crippen LogP contribution in [0.4, 0.5) is 34.1 Å². The van der Waals surface area contributed by atoms with Gasteiger partial charge in [-0.2, -0.15) is 0 Å². The highest BCUT2D eigenvalue weighted by atomic mass is 32.1. The van der Waals surface area contributed by atoms with Crippen LogP contribution in [0.15, 0.2) is 352 Å². The number of rotatable bonds is 10. The smallest absolute Gasteiger partial charge is 0.252 e. The molecule has 0 N–H and O–H groups in total. The predicted octanol–water partition coefficient (Wildman–Crippen LogP) is 28.2. The second-order valence-electron chi connectivity index (χ2n) is 34.4. The molecule has 0 spiro atoms. The first kappa shape index (κ1) is 69.0. The normalized spacial score (nSPS) is 12.9. The van der Waals surface area contributed by atoms with Gasteiger partial charge >= 0.3 is 0 Å². The minimum absolute atomic E-state index is 0.0691. The van der Waals surface area contributed by atoms with Crippen LogP contribution >= 0.6 is 11.3 Å². The third-order valence-corrected chi connectivity index (χ3v) is 25.5. The van der Waals surface area contributed by atoms with Gasteiger partial charge in [-0.3, -0.25) is 0 Å². The summed E-state index contributed by atoms with van der Waals surface area (Å²) in [5.74, 6) is 0. The largest absolute Gasteiger partial charge is 0.311 e. The molecule has 0 saturated carbocycles. The zero-order valence-electron chi connectivity index (χ0n) is 65.8. The zero-order valence-corrected chi connectivity index (χ0v) is 66.6. The van der Waals surface area contributed by atoms with Gasteiger partial charge in [-0.25, -0.2) is 0 Å². The van der Waals surface area contributed by atoms with Gasteiger partial charge in [-0.15, -0.1) is 11.3 Å². The van der Waals surface area contributed by atoms with E-state index < -0.39 is 0 Å². The maximum absolute atomic E-state index is 2.72. The minimum atomic E-state index is -0.320. The Balaban J connectivity index is 0.917. The lowest BCUT2D eigenvalue weighted by molar-refractivity contribution is 0.590. The van der Waals surface area contributed by atoms with Gasteiger partial charge in [-0.05, 0) is 209 Å². The third-order valence-electron chi connectivity index (χ3n) is 24.3. The number of hydrogen-bond acceptors (Lipinski definition) is 3. The monoisotopic (exact) mass is 1480 g/mol. The molecule has 2 aliphatic heterocycles. The summed E-state index contributed by atoms with van der Waals surface area (Å²) in [7, 11) is 0. The van der Waals surface area contributed by atoms with Crippen molar-refractivity contribution in [2.24, 2.45) is 0 Å². The predicted molar refractivity (Wildman–Crippen MR) is 491 cm³/mol. The van der Waals surface area contributed by atoms with Gasteiger partial charge in [0.05, 0.1) is 33.4 Å². The van der Waals surface area contributed by atoms with Gasteiger partial charge < -0.3 is 18.9 Å². The number of para-hydroxylation sites is 3. The number of fused-ring (bicyclic) bond motifs is 13. The number of thiophene rings is 1. The molecule has 6 heteroatoms. The van der Waals surface area contributed by atoms with Gasteiger partial charge in [0.1, 0.15) is 0 Å². The highest BCUT2D eigenvalue weighted by Crippen LogP contribution is 2.54. The molecule has 0 fully saturated rings. The van der Waals surface area contributed by atoms with Crippen molar-refractivity contribution in [2.75, 3.05) is 9.80 Å². The summed E-state index contributed by atoms with van der Waals surface area (Å²) >= 11 is 1.87. The fourth-order valence-corrected chi connectivity index (χ4v) is 19.7. The van der Waals surface area contributed by atoms with E-state index in [0.717, 1.165) is 112 Å². The maximum Gasteiger partial charge on any atom is 0.252 e. The van der Waals surface area contributed by atoms with Crippen LogP contribution in [-0.4, -0.2) is 15.8 Å². The molecule has 0 unspecified atom stereocenters. The lowest BCUT2D eigenvalue weighted by Crippen LogP contribution is -2.61. The Bertz CT molecular complexity index is 6860. The van der Waals surface area contributed by atoms with Crippen molar-refractivity contribution in [2.45, 2.75) is 78.6 Å². The van der Waals surface area contributed by atoms with Crippen molar-refractivity contribution in [1.82, 2.24) is 9.13 Å². The van der Waals surface area contributed by atoms with Crippen molar-refractivity contribution in [1.29, 1.82) is 0 Å². The fourth-order valence-electron chi connectivity index (χ4n) is 18.6. The van der Waals surface area contributed by atoms with Crippen molar-refractivity contribution in [3.05, 3.63) is 369 Å². The molecule has 5 heterocycles. The Morgan fingerprint density at radius 1 is 0.246 bits per heavy atom. The summed E-state index contributed by atoms with van der Waals surface area (Å²) in [6.45, 7) is 20.9. The van der Waals surface area contributed by atoms with Crippen molar-refractivity contribution < 1.29 is 0 Å². The molecule has 19 aromatic rings. The van der Waals surface area contributed by atoms with E-state index in [4.69, 9.17) is 0 Å². The topological polar surface area (TPSA) is 16.3 Å². The lowest BCUT2D eigenvalue weighted by atomic mass is 9.33. The van der Waals surface area contributed by atoms with Gasteiger partial charge in [-0.1, -0.05) is 305 Å². The maximum atomic E-state index is 2.72. The summed E-state index contributed by atoms with van der Waals surface area (Å²) in [5.41, 5.74) is 34.5. The molecule has 0 bridgehead atoms. The van der Waals surface area contributed by atoms with E-state index in [0.29, 0.717) is 0 Å². The first-order valence-corrected chi connectivity index (χ1v) is 41.0. The van der Waals surface area contributed by atoms with Gasteiger partial charge in [0, 0.05) is 92.5 Å². The van der Waals surface area contributed by atoms with Gasteiger partial charge in [0.2, 0.25) is 0 Å². The molecule has 0 amide bonds. The van der Waals surface area contributed by atoms with Crippen LogP contribution in [-0.2, 0) is 16.2 Å². The molecular weight excluding hydrogens is 1400 g/mol. The highest BCUT2D eigenvalue weighted by Gasteiger charge is 2.46. The Morgan fingerprint density at radius 2 is 0.737 bits per heavy atom. The lowest BCUT2D eigenvalue weighted by Gasteiger charge is -2.46. The molecule has 0 radical (unpaired) electrons. The van der Waals surface area contributed by atoms with E-state index >= 15 is 0 Å². The Kier molecular flexibility index (Phi) is 15.9. The fraction of sp³-hybridized carbons (Fsp3) is 0.111. The SMILES string of the molecule is CC(C)(C)c1cc2c3c(c1)N(c1c(-c4ccccc4)cccc1-c1ccccc1)c1cc(-n4c5ccc(C(C)(C)C)cc5c5cc(C(C)(C)C)ccc54)ccc1B3c1cc(-c3c(-c4ccc5sc6ccccc6c5c4)cccc3-n3c4ccccc4c4ccccc43)ccc1N2c1cc(-c2ccccc2)cc(-c2ccccc2)c1. The van der Waals surface area contributed by atoms with E-state index in [1.54, 1.807) is 0 Å². The van der Waals surface area contributed by atoms with Crippen molar-refractivity contribution in [3.8, 4) is 78.1 Å². The molecule has 0 saturated heterocycles. The van der Waals surface area contributed by atoms with E-state index in [-0.39, 0.29) is 23.0 Å². The average molecular weight is 1480 g/mol. The number of benzene rings is 16. The van der Waals surface area contributed by atoms with Crippen LogP contribution in [0.5, 0.6) is 0 Å². The van der Waals surface area contributed by atoms with Crippen LogP contribution in [0, 0.1) is 0 Å². The minimum Gasteiger partial charge on any atom is -0.311 e. The number of anilines is 6. The molecule has 0 atom stereocenters. The van der Waals surface area contributed by atoms with Crippen molar-refractivity contribution in [3.63, 3.8) is 0 Å². The summed E-state index contributed by atoms with van der Waals surface area (Å²) < 4.78 is 7.68. The molecule has 21 rings (SSSR count). The summed E-state index contributed by atoms with van der Waals surface area (Å²) in [6, 6.07) is 134. The average Bonchev–Trinajstić information content (AvgIpc) is 0.825. The second-order valence-corrected chi connectivity index (χ2v) is 35.5. The standard InChI is InChI=1S/C108H85BN4S/c1-106(2,3)76-50-55-94-87(63-76)88-64-77(107(4,5)6)51-56-95(88)110(94)79-52-53-90-98(67-79)113(105-82(70-34-18-12-19-35-70)42-28-43-83(105)71-36-20-13-21-37-71)100-66-78(108(7,8)9)65-99-104(100)109(90)91-62-73(48-54-96(91)111(99)80-59-74(68-30-14-10-15-31-68)58-75(60-80)69-32-16-11-17-33-69)103-81(72-49-57-102-89(61-72)86-40-24-27-47-101(86)114-102)41-29-46-97(103)112-92-44-25-22-38-84(92)85-39-23-26-45-93(85)112/h10-67H,1-9H3. The van der Waals surface area contributed by atoms with Crippen LogP contribution < -0.4 is 26.2 Å². The Morgan fingerprint density at radius 3 is 1.32 bits per heavy atom. The van der Waals surface area contributed by atoms with E-state index in [2.05, 4.69) is 433 Å². The number of aromatic nitrogens is 2. The molecule has 0 aliphatic carbocycles. The first-order valence-electron chi connectivity index (χ1n) is 40.1. The Labute approximate surface area is 671 Å². The molecule has 4 nitrogen and oxygen atoms in total. The van der Waals surface area contributed by atoms with E-state index in [1.807, 2.05) is 11.3 Å². The van der Waals surface area contributed by atoms with Gasteiger partial charge in [0.15, 0.2) is 0 Å².